The Morgan fingerprint density at radius 2 is 1.12 bits per heavy atom. The molecule has 0 bridgehead atoms. The zero-order chi connectivity index (χ0) is 15.1. The molecule has 0 saturated carbocycles. The molecule has 0 spiro atoms. The summed E-state index contributed by atoms with van der Waals surface area (Å²) in [6.45, 7) is 5.19. The van der Waals surface area contributed by atoms with Crippen molar-refractivity contribution < 1.29 is 30.3 Å². The average molecular weight is 419 g/mol. The normalized spacial score (nSPS) is 19.5. The van der Waals surface area contributed by atoms with E-state index >= 15 is 0 Å². The third-order valence-electron chi connectivity index (χ3n) is 4.98. The summed E-state index contributed by atoms with van der Waals surface area (Å²) in [6.07, 6.45) is 9.84. The van der Waals surface area contributed by atoms with Crippen LogP contribution in [0.3, 0.4) is 0 Å². The van der Waals surface area contributed by atoms with Gasteiger partial charge >= 0.3 is 142 Å². The molecule has 2 unspecified atom stereocenters. The van der Waals surface area contributed by atoms with Crippen LogP contribution in [0.25, 0.3) is 12.2 Å². The molecule has 0 fully saturated rings. The van der Waals surface area contributed by atoms with Gasteiger partial charge in [-0.2, -0.15) is 0 Å². The molecule has 4 rings (SSSR count). The zero-order valence-corrected chi connectivity index (χ0v) is 17.5. The maximum Gasteiger partial charge on any atom is -1.00 e. The Morgan fingerprint density at radius 3 is 1.54 bits per heavy atom. The van der Waals surface area contributed by atoms with Crippen LogP contribution in [0.4, 0.5) is 0 Å². The van der Waals surface area contributed by atoms with Gasteiger partial charge < -0.3 is 9.41 Å². The van der Waals surface area contributed by atoms with Crippen LogP contribution < -0.4 is 9.41 Å². The minimum absolute atomic E-state index is 0. The molecule has 0 nitrogen and oxygen atoms in total. The first kappa shape index (κ1) is 19.2. The topological polar surface area (TPSA) is 0 Å². The van der Waals surface area contributed by atoms with E-state index in [0.717, 1.165) is 7.25 Å². The quantitative estimate of drug-likeness (QED) is 0.569. The van der Waals surface area contributed by atoms with E-state index in [9.17, 15) is 0 Å². The van der Waals surface area contributed by atoms with Crippen LogP contribution in [0, 0.1) is 0 Å². The molecule has 2 aromatic rings. The summed E-state index contributed by atoms with van der Waals surface area (Å²) in [6, 6.07) is 18.1. The van der Waals surface area contributed by atoms with Gasteiger partial charge in [-0.15, -0.1) is 0 Å². The molecule has 0 radical (unpaired) electrons. The molecule has 2 aliphatic rings. The number of benzene rings is 2. The van der Waals surface area contributed by atoms with E-state index in [4.69, 9.17) is 0 Å². The Bertz CT molecular complexity index is 708. The van der Waals surface area contributed by atoms with Crippen LogP contribution in [0.2, 0.25) is 13.1 Å². The minimum Gasteiger partial charge on any atom is -1.00 e. The zero-order valence-electron chi connectivity index (χ0n) is 13.9. The summed E-state index contributed by atoms with van der Waals surface area (Å²) in [4.78, 5) is 0. The number of hydrogen-bond acceptors (Lipinski definition) is 0. The van der Waals surface area contributed by atoms with Gasteiger partial charge in [0.25, 0.3) is 0 Å². The van der Waals surface area contributed by atoms with Crippen molar-refractivity contribution in [1.29, 1.82) is 0 Å². The summed E-state index contributed by atoms with van der Waals surface area (Å²) in [5.41, 5.74) is 6.18. The predicted octanol–water partition coefficient (Wildman–Crippen LogP) is -0.868. The predicted molar refractivity (Wildman–Crippen MR) is 95.3 cm³/mol. The molecule has 123 valence electrons. The molecule has 0 aromatic heterocycles. The van der Waals surface area contributed by atoms with E-state index in [2.05, 4.69) is 85.9 Å². The van der Waals surface area contributed by atoms with E-state index < -0.39 is 26.8 Å². The van der Waals surface area contributed by atoms with Gasteiger partial charge in [0.05, 0.1) is 0 Å². The SMILES string of the molecule is C[SiH](C)[Zr+2]([CH]1C=Cc2ccccc21)[CH]1C=Cc2ccccc21.[F-].[F-]. The van der Waals surface area contributed by atoms with Crippen molar-refractivity contribution in [2.45, 2.75) is 20.3 Å². The summed E-state index contributed by atoms with van der Waals surface area (Å²) in [5.74, 6) is -0.615. The van der Waals surface area contributed by atoms with Crippen LogP contribution in [0.15, 0.2) is 60.7 Å². The molecule has 2 atom stereocenters. The molecule has 0 heterocycles. The van der Waals surface area contributed by atoms with Crippen LogP contribution in [0.1, 0.15) is 29.5 Å². The molecule has 0 saturated heterocycles. The maximum absolute atomic E-state index is 2.60. The number of hydrogen-bond donors (Lipinski definition) is 0. The molecule has 24 heavy (non-hydrogen) atoms. The second-order valence-electron chi connectivity index (χ2n) is 6.59. The van der Waals surface area contributed by atoms with Crippen molar-refractivity contribution in [1.82, 2.24) is 0 Å². The van der Waals surface area contributed by atoms with Gasteiger partial charge in [-0.3, -0.25) is 0 Å². The van der Waals surface area contributed by atoms with Gasteiger partial charge in [0.15, 0.2) is 0 Å². The summed E-state index contributed by atoms with van der Waals surface area (Å²) >= 11 is -1.62. The van der Waals surface area contributed by atoms with Crippen molar-refractivity contribution in [3.8, 4) is 0 Å². The summed E-state index contributed by atoms with van der Waals surface area (Å²) < 4.78 is 1.57. The van der Waals surface area contributed by atoms with E-state index in [1.54, 1.807) is 11.1 Å². The fourth-order valence-corrected chi connectivity index (χ4v) is 25.0. The second-order valence-corrected chi connectivity index (χ2v) is 26.9. The van der Waals surface area contributed by atoms with E-state index in [-0.39, 0.29) is 9.41 Å². The van der Waals surface area contributed by atoms with Crippen molar-refractivity contribution in [3.05, 3.63) is 82.9 Å². The third kappa shape index (κ3) is 3.19. The van der Waals surface area contributed by atoms with Gasteiger partial charge in [-0.1, -0.05) is 0 Å². The molecule has 2 aromatic carbocycles. The minimum atomic E-state index is -1.62. The first-order valence-corrected chi connectivity index (χ1v) is 18.1. The third-order valence-corrected chi connectivity index (χ3v) is 26.4. The smallest absolute Gasteiger partial charge is 1.00 e. The van der Waals surface area contributed by atoms with Gasteiger partial charge in [0, 0.05) is 0 Å². The maximum atomic E-state index is 2.60. The van der Waals surface area contributed by atoms with Crippen LogP contribution in [0.5, 0.6) is 0 Å². The van der Waals surface area contributed by atoms with Crippen molar-refractivity contribution in [3.63, 3.8) is 0 Å². The summed E-state index contributed by atoms with van der Waals surface area (Å²) in [5, 5.41) is 0. The van der Waals surface area contributed by atoms with Crippen molar-refractivity contribution >= 4 is 18.1 Å². The summed E-state index contributed by atoms with van der Waals surface area (Å²) in [7, 11) is 0. The molecule has 2 aliphatic carbocycles. The Kier molecular flexibility index (Phi) is 6.28. The number of fused-ring (bicyclic) bond motifs is 2. The standard InChI is InChI=1S/2C9H7.C2H7Si.2FH.Zr/c2*1-2-5-9-7-3-6-8(9)4-1;1-3-2;;;/h2*1-7H;3H,1-2H3;2*1H;/q;;;;;+2/p-2. The van der Waals surface area contributed by atoms with Crippen LogP contribution >= 0.6 is 0 Å². The molecule has 0 N–H and O–H groups in total. The fraction of sp³-hybridized carbons (Fsp3) is 0.200. The molecular formula is C20H21F2SiZr. The molecular weight excluding hydrogens is 398 g/mol. The van der Waals surface area contributed by atoms with Crippen LogP contribution in [-0.4, -0.2) is 5.92 Å². The van der Waals surface area contributed by atoms with Gasteiger partial charge in [0.2, 0.25) is 0 Å². The Labute approximate surface area is 151 Å². The molecule has 4 heteroatoms. The number of allylic oxidation sites excluding steroid dienone is 2. The van der Waals surface area contributed by atoms with Gasteiger partial charge in [0.1, 0.15) is 0 Å². The molecule has 0 aliphatic heterocycles. The van der Waals surface area contributed by atoms with Crippen molar-refractivity contribution in [2.24, 2.45) is 0 Å². The van der Waals surface area contributed by atoms with Crippen molar-refractivity contribution in [2.75, 3.05) is 0 Å². The largest absolute Gasteiger partial charge is 1.00 e. The average Bonchev–Trinajstić information content (AvgIpc) is 3.13. The Morgan fingerprint density at radius 1 is 0.708 bits per heavy atom. The fourth-order valence-electron chi connectivity index (χ4n) is 3.99. The first-order chi connectivity index (χ1) is 10.8. The number of halogens is 2. The Balaban J connectivity index is 0.00000104. The second kappa shape index (κ2) is 7.84. The van der Waals surface area contributed by atoms with Gasteiger partial charge in [-0.25, -0.2) is 0 Å². The monoisotopic (exact) mass is 417 g/mol. The van der Waals surface area contributed by atoms with E-state index in [0.29, 0.717) is 0 Å². The first-order valence-electron chi connectivity index (χ1n) is 8.16. The molecule has 0 amide bonds. The Hall–Kier alpha value is -1.12. The van der Waals surface area contributed by atoms with Gasteiger partial charge in [-0.05, 0) is 0 Å². The van der Waals surface area contributed by atoms with Crippen LogP contribution in [-0.2, 0) is 20.9 Å². The number of rotatable bonds is 3. The van der Waals surface area contributed by atoms with E-state index in [1.807, 2.05) is 0 Å². The van der Waals surface area contributed by atoms with E-state index in [1.165, 1.54) is 11.1 Å².